The third-order valence-electron chi connectivity index (χ3n) is 10.1. The molecule has 0 amide bonds. The second-order valence-electron chi connectivity index (χ2n) is 14.7. The molecular formula is C46H56N5O11+. The highest BCUT2D eigenvalue weighted by atomic mass is 16.5. The van der Waals surface area contributed by atoms with Crippen molar-refractivity contribution in [2.45, 2.75) is 6.42 Å². The molecular weight excluding hydrogens is 799 g/mol. The van der Waals surface area contributed by atoms with Gasteiger partial charge in [-0.3, -0.25) is 19.2 Å². The number of nitrogens with one attached hydrogen (secondary N) is 1. The Balaban J connectivity index is 1.60. The maximum Gasteiger partial charge on any atom is 0.325 e. The molecule has 5 rings (SSSR count). The monoisotopic (exact) mass is 854 g/mol. The Kier molecular flexibility index (Phi) is 16.1. The molecule has 0 spiro atoms. The minimum absolute atomic E-state index is 0.000299. The second-order valence-corrected chi connectivity index (χ2v) is 14.7. The Morgan fingerprint density at radius 1 is 0.661 bits per heavy atom. The number of nitrogens with zero attached hydrogens (tertiary/aromatic N) is 4. The summed E-state index contributed by atoms with van der Waals surface area (Å²) in [6.45, 7) is -0.292. The lowest BCUT2D eigenvalue weighted by molar-refractivity contribution is -0.141. The molecule has 16 heteroatoms. The maximum absolute atomic E-state index is 12.7. The number of likely N-dealkylation sites (N-methyl/N-ethyl adjacent to an activating group) is 1. The Morgan fingerprint density at radius 2 is 1.26 bits per heavy atom. The fraction of sp³-hybridized carbons (Fsp3) is 0.370. The van der Waals surface area contributed by atoms with E-state index in [-0.39, 0.29) is 39.4 Å². The number of fused-ring (bicyclic) bond motifs is 2. The highest BCUT2D eigenvalue weighted by Crippen LogP contribution is 2.43. The molecule has 0 saturated heterocycles. The van der Waals surface area contributed by atoms with Crippen LogP contribution in [-0.4, -0.2) is 133 Å². The van der Waals surface area contributed by atoms with Crippen LogP contribution in [0.3, 0.4) is 0 Å². The van der Waals surface area contributed by atoms with Gasteiger partial charge in [0, 0.05) is 48.4 Å². The first-order chi connectivity index (χ1) is 29.8. The Bertz CT molecular complexity index is 2390. The molecule has 1 aliphatic heterocycles. The number of carbonyl (C=O) groups is 4. The lowest BCUT2D eigenvalue weighted by atomic mass is 9.93. The van der Waals surface area contributed by atoms with Gasteiger partial charge in [0.15, 0.2) is 0 Å². The summed E-state index contributed by atoms with van der Waals surface area (Å²) in [5.74, 6) is -0.841. The van der Waals surface area contributed by atoms with Crippen LogP contribution in [0.4, 0.5) is 17.1 Å². The van der Waals surface area contributed by atoms with Gasteiger partial charge in [-0.2, -0.15) is 0 Å². The summed E-state index contributed by atoms with van der Waals surface area (Å²) in [5, 5.41) is 4.95. The minimum Gasteiger partial charge on any atom is -0.488 e. The van der Waals surface area contributed by atoms with E-state index >= 15 is 0 Å². The Labute approximate surface area is 361 Å². The van der Waals surface area contributed by atoms with Crippen molar-refractivity contribution >= 4 is 51.9 Å². The fourth-order valence-electron chi connectivity index (χ4n) is 6.78. The van der Waals surface area contributed by atoms with Crippen molar-refractivity contribution in [3.8, 4) is 33.9 Å². The quantitative estimate of drug-likeness (QED) is 0.0395. The molecule has 0 atom stereocenters. The summed E-state index contributed by atoms with van der Waals surface area (Å²) in [6, 6.07) is 23.2. The molecule has 0 bridgehead atoms. The first-order valence-corrected chi connectivity index (χ1v) is 19.9. The highest BCUT2D eigenvalue weighted by Gasteiger charge is 2.25. The van der Waals surface area contributed by atoms with Gasteiger partial charge in [0.2, 0.25) is 5.36 Å². The van der Waals surface area contributed by atoms with Crippen molar-refractivity contribution in [2.24, 2.45) is 0 Å². The van der Waals surface area contributed by atoms with Crippen LogP contribution in [-0.2, 0) is 44.5 Å². The summed E-state index contributed by atoms with van der Waals surface area (Å²) in [5.41, 5.74) is 6.03. The fourth-order valence-corrected chi connectivity index (χ4v) is 6.78. The largest absolute Gasteiger partial charge is 0.488 e. The van der Waals surface area contributed by atoms with E-state index < -0.39 is 23.9 Å². The van der Waals surface area contributed by atoms with E-state index in [1.807, 2.05) is 105 Å². The molecule has 0 fully saturated rings. The van der Waals surface area contributed by atoms with Gasteiger partial charge in [0.25, 0.3) is 0 Å². The van der Waals surface area contributed by atoms with Crippen molar-refractivity contribution in [1.29, 1.82) is 0 Å². The number of ether oxygens (including phenoxy) is 6. The van der Waals surface area contributed by atoms with E-state index in [4.69, 9.17) is 32.8 Å². The third-order valence-corrected chi connectivity index (χ3v) is 10.1. The minimum atomic E-state index is -0.573. The molecule has 330 valence electrons. The van der Waals surface area contributed by atoms with E-state index in [1.54, 1.807) is 17.0 Å². The maximum atomic E-state index is 12.7. The summed E-state index contributed by atoms with van der Waals surface area (Å²) >= 11 is 0. The smallest absolute Gasteiger partial charge is 0.325 e. The van der Waals surface area contributed by atoms with Crippen LogP contribution in [0.25, 0.3) is 33.4 Å². The summed E-state index contributed by atoms with van der Waals surface area (Å²) < 4.78 is 41.3. The van der Waals surface area contributed by atoms with E-state index in [1.165, 1.54) is 33.3 Å². The number of benzene rings is 4. The standard InChI is InChI=1S/C46H56N5O11/c1-47-19-18-30-10-17-38(37(22-30)51(28-44(54)58-8)29-45(55)59-9)60-20-21-61-41-23-31(11-16-36(41)50(26-42(52)56-6)27-43(53)57-7)46-34-14-12-32(48(2)3)24-39(34)62-40-25-33(49(4)5)13-15-35(40)46/h10-17,22-25,47H,18-21,26-29H2,1-9H3/q+1. The number of rotatable bonds is 20. The molecule has 1 aliphatic carbocycles. The number of hydrogen-bond acceptors (Lipinski definition) is 15. The van der Waals surface area contributed by atoms with Gasteiger partial charge in [-0.05, 0) is 73.6 Å². The lowest BCUT2D eigenvalue weighted by Gasteiger charge is -2.26. The molecule has 3 aromatic carbocycles. The van der Waals surface area contributed by atoms with E-state index in [0.29, 0.717) is 47.2 Å². The second kappa shape index (κ2) is 21.6. The van der Waals surface area contributed by atoms with E-state index in [9.17, 15) is 19.2 Å². The normalized spacial score (nSPS) is 10.9. The topological polar surface area (TPSA) is 162 Å². The van der Waals surface area contributed by atoms with Gasteiger partial charge in [0.05, 0.1) is 45.9 Å². The average Bonchev–Trinajstić information content (AvgIpc) is 3.27. The number of anilines is 3. The highest BCUT2D eigenvalue weighted by molar-refractivity contribution is 6.03. The van der Waals surface area contributed by atoms with Crippen molar-refractivity contribution in [3.05, 3.63) is 83.7 Å². The van der Waals surface area contributed by atoms with Crippen molar-refractivity contribution in [3.63, 3.8) is 0 Å². The van der Waals surface area contributed by atoms with E-state index in [2.05, 4.69) is 5.32 Å². The molecule has 0 radical (unpaired) electrons. The molecule has 2 aliphatic rings. The van der Waals surface area contributed by atoms with Gasteiger partial charge in [0.1, 0.15) is 76.3 Å². The molecule has 0 unspecified atom stereocenters. The molecule has 0 saturated carbocycles. The van der Waals surface area contributed by atoms with Crippen LogP contribution >= 0.6 is 0 Å². The van der Waals surface area contributed by atoms with Gasteiger partial charge in [-0.1, -0.05) is 12.1 Å². The van der Waals surface area contributed by atoms with Crippen molar-refractivity contribution < 1.29 is 52.0 Å². The Morgan fingerprint density at radius 3 is 1.82 bits per heavy atom. The summed E-state index contributed by atoms with van der Waals surface area (Å²) in [7, 11) is 14.8. The van der Waals surface area contributed by atoms with Crippen molar-refractivity contribution in [2.75, 3.05) is 124 Å². The molecule has 1 N–H and O–H groups in total. The molecule has 3 aromatic rings. The van der Waals surface area contributed by atoms with Crippen LogP contribution in [0.2, 0.25) is 0 Å². The molecule has 1 heterocycles. The number of esters is 4. The number of hydrogen-bond donors (Lipinski definition) is 1. The SMILES string of the molecule is CNCCc1ccc(OCCOc2cc(-c3c4ccc(=[N+](C)C)cc-4oc4cc(N(C)C)ccc34)ccc2N(CC(=O)OC)CC(=O)OC)c(N(CC(=O)OC)CC(=O)OC)c1. The van der Waals surface area contributed by atoms with Gasteiger partial charge >= 0.3 is 23.9 Å². The van der Waals surface area contributed by atoms with Crippen LogP contribution in [0.5, 0.6) is 11.5 Å². The third kappa shape index (κ3) is 11.5. The first-order valence-electron chi connectivity index (χ1n) is 19.9. The molecule has 16 nitrogen and oxygen atoms in total. The predicted octanol–water partition coefficient (Wildman–Crippen LogP) is 3.83. The Hall–Kier alpha value is -6.81. The van der Waals surface area contributed by atoms with Crippen molar-refractivity contribution in [1.82, 2.24) is 9.89 Å². The molecule has 62 heavy (non-hydrogen) atoms. The lowest BCUT2D eigenvalue weighted by Crippen LogP contribution is -2.36. The predicted molar refractivity (Wildman–Crippen MR) is 237 cm³/mol. The zero-order valence-corrected chi connectivity index (χ0v) is 36.9. The van der Waals surface area contributed by atoms with Gasteiger partial charge in [-0.15, -0.1) is 0 Å². The summed E-state index contributed by atoms with van der Waals surface area (Å²) in [4.78, 5) is 55.5. The zero-order chi connectivity index (χ0) is 44.9. The van der Waals surface area contributed by atoms with Crippen LogP contribution in [0.15, 0.2) is 77.2 Å². The zero-order valence-electron chi connectivity index (χ0n) is 36.9. The van der Waals surface area contributed by atoms with Crippen LogP contribution in [0.1, 0.15) is 5.56 Å². The van der Waals surface area contributed by atoms with E-state index in [0.717, 1.165) is 38.7 Å². The average molecular weight is 855 g/mol. The molecule has 0 aromatic heterocycles. The number of methoxy groups -OCH3 is 4. The van der Waals surface area contributed by atoms with Gasteiger partial charge in [-0.25, -0.2) is 4.58 Å². The van der Waals surface area contributed by atoms with Crippen LogP contribution < -0.4 is 39.4 Å². The first kappa shape index (κ1) is 46.3. The van der Waals surface area contributed by atoms with Crippen LogP contribution in [0, 0.1) is 0 Å². The number of carbonyl (C=O) groups excluding carboxylic acids is 4. The van der Waals surface area contributed by atoms with Gasteiger partial charge < -0.3 is 52.9 Å². The summed E-state index contributed by atoms with van der Waals surface area (Å²) in [6.07, 6.45) is 0.678.